The zero-order valence-electron chi connectivity index (χ0n) is 11.2. The average Bonchev–Trinajstić information content (AvgIpc) is 2.46. The van der Waals surface area contributed by atoms with Crippen molar-refractivity contribution < 1.29 is 8.78 Å². The van der Waals surface area contributed by atoms with Crippen molar-refractivity contribution in [2.75, 3.05) is 5.75 Å². The SMILES string of the molecule is Fc1ccc(CN=C2NC3CCCCC3CS2)c(F)c1. The van der Waals surface area contributed by atoms with Gasteiger partial charge in [-0.1, -0.05) is 30.7 Å². The van der Waals surface area contributed by atoms with Crippen molar-refractivity contribution in [3.63, 3.8) is 0 Å². The molecule has 1 aromatic carbocycles. The van der Waals surface area contributed by atoms with Crippen LogP contribution >= 0.6 is 11.8 Å². The molecule has 0 aromatic heterocycles. The van der Waals surface area contributed by atoms with Gasteiger partial charge in [0, 0.05) is 23.4 Å². The number of amidine groups is 1. The van der Waals surface area contributed by atoms with Crippen molar-refractivity contribution in [2.45, 2.75) is 38.3 Å². The Morgan fingerprint density at radius 2 is 2.10 bits per heavy atom. The lowest BCUT2D eigenvalue weighted by Gasteiger charge is -2.36. The van der Waals surface area contributed by atoms with Gasteiger partial charge in [-0.05, 0) is 24.8 Å². The van der Waals surface area contributed by atoms with E-state index in [9.17, 15) is 8.78 Å². The maximum absolute atomic E-state index is 13.5. The molecule has 2 nitrogen and oxygen atoms in total. The van der Waals surface area contributed by atoms with Crippen molar-refractivity contribution >= 4 is 16.9 Å². The van der Waals surface area contributed by atoms with Crippen LogP contribution in [0.25, 0.3) is 0 Å². The molecule has 5 heteroatoms. The molecule has 2 aliphatic rings. The highest BCUT2D eigenvalue weighted by molar-refractivity contribution is 8.13. The number of fused-ring (bicyclic) bond motifs is 1. The molecule has 0 spiro atoms. The van der Waals surface area contributed by atoms with Crippen LogP contribution in [0.1, 0.15) is 31.2 Å². The summed E-state index contributed by atoms with van der Waals surface area (Å²) in [6.45, 7) is 0.263. The molecule has 2 unspecified atom stereocenters. The quantitative estimate of drug-likeness (QED) is 0.899. The molecule has 1 aliphatic heterocycles. The van der Waals surface area contributed by atoms with Gasteiger partial charge < -0.3 is 5.32 Å². The van der Waals surface area contributed by atoms with E-state index >= 15 is 0 Å². The van der Waals surface area contributed by atoms with Crippen LogP contribution < -0.4 is 5.32 Å². The first-order chi connectivity index (χ1) is 9.72. The second kappa shape index (κ2) is 6.12. The molecule has 108 valence electrons. The highest BCUT2D eigenvalue weighted by atomic mass is 32.2. The van der Waals surface area contributed by atoms with Crippen molar-refractivity contribution in [3.05, 3.63) is 35.4 Å². The molecule has 1 saturated carbocycles. The summed E-state index contributed by atoms with van der Waals surface area (Å²) in [7, 11) is 0. The number of thioether (sulfide) groups is 1. The molecule has 2 fully saturated rings. The standard InChI is InChI=1S/C15H18F2N2S/c16-12-6-5-10(13(17)7-12)8-18-15-19-14-4-2-1-3-11(14)9-20-15/h5-7,11,14H,1-4,8-9H2,(H,18,19). The highest BCUT2D eigenvalue weighted by Gasteiger charge is 2.30. The van der Waals surface area contributed by atoms with Gasteiger partial charge >= 0.3 is 0 Å². The summed E-state index contributed by atoms with van der Waals surface area (Å²) in [5, 5.41) is 4.37. The third kappa shape index (κ3) is 3.14. The molecule has 1 heterocycles. The Morgan fingerprint density at radius 1 is 1.25 bits per heavy atom. The van der Waals surface area contributed by atoms with Crippen molar-refractivity contribution in [1.82, 2.24) is 5.32 Å². The number of benzene rings is 1. The lowest BCUT2D eigenvalue weighted by atomic mass is 9.86. The van der Waals surface area contributed by atoms with Gasteiger partial charge in [-0.3, -0.25) is 4.99 Å². The van der Waals surface area contributed by atoms with E-state index in [0.717, 1.165) is 22.9 Å². The molecule has 1 aromatic rings. The third-order valence-electron chi connectivity index (χ3n) is 4.06. The van der Waals surface area contributed by atoms with Crippen LogP contribution in [0.4, 0.5) is 8.78 Å². The molecule has 0 bridgehead atoms. The monoisotopic (exact) mass is 296 g/mol. The number of nitrogens with one attached hydrogen (secondary N) is 1. The smallest absolute Gasteiger partial charge is 0.157 e. The van der Waals surface area contributed by atoms with Crippen LogP contribution in [0.15, 0.2) is 23.2 Å². The van der Waals surface area contributed by atoms with Crippen LogP contribution in [0.3, 0.4) is 0 Å². The van der Waals surface area contributed by atoms with Crippen molar-refractivity contribution in [1.29, 1.82) is 0 Å². The summed E-state index contributed by atoms with van der Waals surface area (Å²) < 4.78 is 26.4. The van der Waals surface area contributed by atoms with Gasteiger partial charge in [-0.2, -0.15) is 0 Å². The minimum Gasteiger partial charge on any atom is -0.362 e. The Bertz CT molecular complexity index is 519. The van der Waals surface area contributed by atoms with Crippen LogP contribution in [-0.4, -0.2) is 17.0 Å². The van der Waals surface area contributed by atoms with E-state index in [2.05, 4.69) is 10.3 Å². The zero-order valence-corrected chi connectivity index (χ0v) is 12.1. The molecule has 1 saturated heterocycles. The number of halogens is 2. The van der Waals surface area contributed by atoms with Gasteiger partial charge in [-0.25, -0.2) is 8.78 Å². The Kier molecular flexibility index (Phi) is 4.24. The fourth-order valence-corrected chi connectivity index (χ4v) is 4.04. The minimum atomic E-state index is -0.547. The van der Waals surface area contributed by atoms with E-state index in [4.69, 9.17) is 0 Å². The fourth-order valence-electron chi connectivity index (χ4n) is 2.88. The molecular formula is C15H18F2N2S. The summed E-state index contributed by atoms with van der Waals surface area (Å²) in [6, 6.07) is 4.18. The van der Waals surface area contributed by atoms with Gasteiger partial charge in [0.25, 0.3) is 0 Å². The number of hydrogen-bond acceptors (Lipinski definition) is 2. The highest BCUT2D eigenvalue weighted by Crippen LogP contribution is 2.31. The second-order valence-corrected chi connectivity index (χ2v) is 6.47. The summed E-state index contributed by atoms with van der Waals surface area (Å²) >= 11 is 1.72. The first kappa shape index (κ1) is 13.9. The largest absolute Gasteiger partial charge is 0.362 e. The summed E-state index contributed by atoms with van der Waals surface area (Å²) in [5.74, 6) is 0.776. The topological polar surface area (TPSA) is 24.4 Å². The van der Waals surface area contributed by atoms with Crippen LogP contribution in [-0.2, 0) is 6.54 Å². The maximum atomic E-state index is 13.5. The minimum absolute atomic E-state index is 0.263. The van der Waals surface area contributed by atoms with Crippen LogP contribution in [0, 0.1) is 17.6 Å². The third-order valence-corrected chi connectivity index (χ3v) is 5.18. The van der Waals surface area contributed by atoms with Gasteiger partial charge in [-0.15, -0.1) is 0 Å². The van der Waals surface area contributed by atoms with Crippen LogP contribution in [0.5, 0.6) is 0 Å². The van der Waals surface area contributed by atoms with Gasteiger partial charge in [0.05, 0.1) is 6.54 Å². The first-order valence-corrected chi connectivity index (χ1v) is 8.08. The molecule has 20 heavy (non-hydrogen) atoms. The maximum Gasteiger partial charge on any atom is 0.157 e. The summed E-state index contributed by atoms with van der Waals surface area (Å²) in [5.41, 5.74) is 0.437. The molecule has 1 N–H and O–H groups in total. The Hall–Kier alpha value is -1.10. The number of aliphatic imine (C=N–C) groups is 1. The molecular weight excluding hydrogens is 278 g/mol. The number of nitrogens with zero attached hydrogens (tertiary/aromatic N) is 1. The van der Waals surface area contributed by atoms with Gasteiger partial charge in [0.1, 0.15) is 11.6 Å². The van der Waals surface area contributed by atoms with Crippen molar-refractivity contribution in [2.24, 2.45) is 10.9 Å². The molecule has 0 radical (unpaired) electrons. The Labute approximate surface area is 122 Å². The van der Waals surface area contributed by atoms with Gasteiger partial charge in [0.15, 0.2) is 5.17 Å². The molecule has 1 aliphatic carbocycles. The lowest BCUT2D eigenvalue weighted by Crippen LogP contribution is -2.46. The zero-order chi connectivity index (χ0) is 13.9. The van der Waals surface area contributed by atoms with E-state index < -0.39 is 11.6 Å². The number of rotatable bonds is 2. The molecule has 3 rings (SSSR count). The summed E-state index contributed by atoms with van der Waals surface area (Å²) in [4.78, 5) is 4.44. The summed E-state index contributed by atoms with van der Waals surface area (Å²) in [6.07, 6.45) is 5.11. The van der Waals surface area contributed by atoms with E-state index in [0.29, 0.717) is 11.6 Å². The van der Waals surface area contributed by atoms with E-state index in [1.807, 2.05) is 0 Å². The lowest BCUT2D eigenvalue weighted by molar-refractivity contribution is 0.311. The first-order valence-electron chi connectivity index (χ1n) is 7.10. The van der Waals surface area contributed by atoms with E-state index in [1.165, 1.54) is 37.8 Å². The number of hydrogen-bond donors (Lipinski definition) is 1. The second-order valence-electron chi connectivity index (χ2n) is 5.46. The Balaban J connectivity index is 1.64. The Morgan fingerprint density at radius 3 is 2.95 bits per heavy atom. The fraction of sp³-hybridized carbons (Fsp3) is 0.533. The predicted octanol–water partition coefficient (Wildman–Crippen LogP) is 3.72. The van der Waals surface area contributed by atoms with Crippen molar-refractivity contribution in [3.8, 4) is 0 Å². The predicted molar refractivity (Wildman–Crippen MR) is 78.8 cm³/mol. The van der Waals surface area contributed by atoms with E-state index in [1.54, 1.807) is 11.8 Å². The molecule has 0 amide bonds. The normalized spacial score (nSPS) is 28.0. The molecule has 2 atom stereocenters. The van der Waals surface area contributed by atoms with E-state index in [-0.39, 0.29) is 6.54 Å². The average molecular weight is 296 g/mol. The van der Waals surface area contributed by atoms with Gasteiger partial charge in [0.2, 0.25) is 0 Å². The van der Waals surface area contributed by atoms with Crippen LogP contribution in [0.2, 0.25) is 0 Å².